The highest BCUT2D eigenvalue weighted by atomic mass is 15.2. The van der Waals surface area contributed by atoms with Crippen LogP contribution in [0.5, 0.6) is 0 Å². The summed E-state index contributed by atoms with van der Waals surface area (Å²) in [5.74, 6) is 7.70. The predicted octanol–water partition coefficient (Wildman–Crippen LogP) is 7.91. The van der Waals surface area contributed by atoms with Gasteiger partial charge in [0.25, 0.3) is 0 Å². The number of nitrogens with zero attached hydrogens (tertiary/aromatic N) is 2. The molecule has 1 saturated carbocycles. The van der Waals surface area contributed by atoms with Crippen LogP contribution in [-0.4, -0.2) is 12.1 Å². The average molecular weight is 439 g/mol. The number of allylic oxidation sites excluding steroid dienone is 1. The van der Waals surface area contributed by atoms with E-state index < -0.39 is 0 Å². The van der Waals surface area contributed by atoms with Gasteiger partial charge in [0.1, 0.15) is 6.04 Å². The highest BCUT2D eigenvalue weighted by Gasteiger charge is 2.41. The van der Waals surface area contributed by atoms with Crippen LogP contribution < -0.4 is 9.80 Å². The van der Waals surface area contributed by atoms with E-state index in [0.717, 1.165) is 5.56 Å². The van der Waals surface area contributed by atoms with E-state index in [-0.39, 0.29) is 16.9 Å². The lowest BCUT2D eigenvalue weighted by Gasteiger charge is -2.42. The molecule has 0 saturated heterocycles. The first-order valence-electron chi connectivity index (χ1n) is 12.7. The maximum atomic E-state index is 3.58. The van der Waals surface area contributed by atoms with Gasteiger partial charge in [-0.2, -0.15) is 0 Å². The second-order valence-electron chi connectivity index (χ2n) is 12.1. The van der Waals surface area contributed by atoms with Crippen LogP contribution in [0.15, 0.2) is 60.3 Å². The van der Waals surface area contributed by atoms with Crippen molar-refractivity contribution in [1.82, 2.24) is 0 Å². The van der Waals surface area contributed by atoms with Crippen LogP contribution in [0.25, 0.3) is 0 Å². The van der Waals surface area contributed by atoms with Crippen molar-refractivity contribution in [3.8, 4) is 11.8 Å². The Morgan fingerprint density at radius 3 is 2.24 bits per heavy atom. The summed E-state index contributed by atoms with van der Waals surface area (Å²) in [6.45, 7) is 14.0. The number of benzene rings is 2. The molecule has 33 heavy (non-hydrogen) atoms. The maximum Gasteiger partial charge on any atom is 0.100 e. The van der Waals surface area contributed by atoms with E-state index in [1.807, 2.05) is 0 Å². The molecule has 0 bridgehead atoms. The SMILES string of the molecule is CC(C)(C)C1=CC2CCCCC2N1c1cccc(N2c3ccccc3C#C[C@H]2C(C)(C)C)c1. The molecular formula is C31H38N2. The zero-order valence-corrected chi connectivity index (χ0v) is 21.2. The Morgan fingerprint density at radius 1 is 0.818 bits per heavy atom. The normalized spacial score (nSPS) is 24.5. The second kappa shape index (κ2) is 7.98. The summed E-state index contributed by atoms with van der Waals surface area (Å²) in [5, 5.41) is 0. The lowest BCUT2D eigenvalue weighted by Crippen LogP contribution is -2.42. The summed E-state index contributed by atoms with van der Waals surface area (Å²) in [4.78, 5) is 5.16. The molecule has 2 nitrogen and oxygen atoms in total. The van der Waals surface area contributed by atoms with Crippen molar-refractivity contribution in [2.75, 3.05) is 9.80 Å². The zero-order valence-electron chi connectivity index (χ0n) is 21.2. The Bertz CT molecular complexity index is 1130. The summed E-state index contributed by atoms with van der Waals surface area (Å²) >= 11 is 0. The van der Waals surface area contributed by atoms with Crippen LogP contribution in [-0.2, 0) is 0 Å². The van der Waals surface area contributed by atoms with E-state index >= 15 is 0 Å². The lowest BCUT2D eigenvalue weighted by molar-refractivity contribution is 0.366. The number of rotatable bonds is 2. The minimum Gasteiger partial charge on any atom is -0.341 e. The molecule has 1 aliphatic carbocycles. The molecule has 0 N–H and O–H groups in total. The van der Waals surface area contributed by atoms with E-state index in [1.165, 1.54) is 48.4 Å². The van der Waals surface area contributed by atoms with Gasteiger partial charge in [-0.15, -0.1) is 0 Å². The number of hydrogen-bond donors (Lipinski definition) is 0. The van der Waals surface area contributed by atoms with Crippen molar-refractivity contribution < 1.29 is 0 Å². The number of hydrogen-bond acceptors (Lipinski definition) is 2. The lowest BCUT2D eigenvalue weighted by atomic mass is 9.83. The Balaban J connectivity index is 1.61. The quantitative estimate of drug-likeness (QED) is 0.439. The molecule has 1 fully saturated rings. The van der Waals surface area contributed by atoms with E-state index in [1.54, 1.807) is 0 Å². The van der Waals surface area contributed by atoms with Crippen LogP contribution >= 0.6 is 0 Å². The highest BCUT2D eigenvalue weighted by Crippen LogP contribution is 2.47. The van der Waals surface area contributed by atoms with Gasteiger partial charge in [-0.3, -0.25) is 0 Å². The van der Waals surface area contributed by atoms with Gasteiger partial charge in [0.05, 0.1) is 5.69 Å². The summed E-state index contributed by atoms with van der Waals surface area (Å²) in [6, 6.07) is 18.5. The second-order valence-corrected chi connectivity index (χ2v) is 12.1. The third-order valence-electron chi connectivity index (χ3n) is 7.48. The molecule has 2 aromatic carbocycles. The molecule has 3 atom stereocenters. The molecule has 172 valence electrons. The number of fused-ring (bicyclic) bond motifs is 2. The van der Waals surface area contributed by atoms with Gasteiger partial charge >= 0.3 is 0 Å². The van der Waals surface area contributed by atoms with Crippen molar-refractivity contribution in [2.24, 2.45) is 16.7 Å². The molecule has 2 unspecified atom stereocenters. The first-order chi connectivity index (χ1) is 15.6. The summed E-state index contributed by atoms with van der Waals surface area (Å²) in [6.07, 6.45) is 7.90. The van der Waals surface area contributed by atoms with Crippen LogP contribution in [0.4, 0.5) is 17.1 Å². The third kappa shape index (κ3) is 3.97. The summed E-state index contributed by atoms with van der Waals surface area (Å²) in [5.41, 5.74) is 6.56. The molecule has 0 spiro atoms. The molecule has 2 aliphatic heterocycles. The molecule has 2 heterocycles. The van der Waals surface area contributed by atoms with Gasteiger partial charge in [0, 0.05) is 34.1 Å². The van der Waals surface area contributed by atoms with Gasteiger partial charge in [-0.25, -0.2) is 0 Å². The van der Waals surface area contributed by atoms with Gasteiger partial charge in [0.15, 0.2) is 0 Å². The van der Waals surface area contributed by atoms with E-state index in [0.29, 0.717) is 12.0 Å². The van der Waals surface area contributed by atoms with Gasteiger partial charge in [-0.1, -0.05) is 90.5 Å². The fourth-order valence-corrected chi connectivity index (χ4v) is 5.88. The molecule has 0 amide bonds. The van der Waals surface area contributed by atoms with Crippen LogP contribution in [0.2, 0.25) is 0 Å². The Hall–Kier alpha value is -2.66. The molecule has 2 heteroatoms. The van der Waals surface area contributed by atoms with Crippen molar-refractivity contribution in [3.63, 3.8) is 0 Å². The van der Waals surface area contributed by atoms with Crippen molar-refractivity contribution >= 4 is 17.1 Å². The van der Waals surface area contributed by atoms with Crippen molar-refractivity contribution in [1.29, 1.82) is 0 Å². The fourth-order valence-electron chi connectivity index (χ4n) is 5.88. The van der Waals surface area contributed by atoms with Gasteiger partial charge in [0.2, 0.25) is 0 Å². The minimum absolute atomic E-state index is 0.0368. The Labute approximate surface area is 200 Å². The molecule has 0 aromatic heterocycles. The standard InChI is InChI=1S/C31H38N2/c1-30(2,3)28-19-18-22-12-7-9-16-26(22)32(28)24-14-11-15-25(21-24)33-27-17-10-8-13-23(27)20-29(33)31(4,5)6/h7,9,11-12,14-16,20-21,23,27-28H,8,10,13,17H2,1-6H3/t23?,27?,28-/m0/s1. The first-order valence-corrected chi connectivity index (χ1v) is 12.7. The fraction of sp³-hybridized carbons (Fsp3) is 0.484. The molecule has 5 rings (SSSR count). The smallest absolute Gasteiger partial charge is 0.100 e. The Kier molecular flexibility index (Phi) is 5.36. The minimum atomic E-state index is 0.0368. The maximum absolute atomic E-state index is 3.58. The summed E-state index contributed by atoms with van der Waals surface area (Å²) in [7, 11) is 0. The van der Waals surface area contributed by atoms with Crippen molar-refractivity contribution in [3.05, 3.63) is 65.9 Å². The molecule has 2 aromatic rings. The first kappa shape index (κ1) is 22.1. The van der Waals surface area contributed by atoms with E-state index in [4.69, 9.17) is 0 Å². The van der Waals surface area contributed by atoms with E-state index in [2.05, 4.69) is 118 Å². The summed E-state index contributed by atoms with van der Waals surface area (Å²) < 4.78 is 0. The van der Waals surface area contributed by atoms with E-state index in [9.17, 15) is 0 Å². The molecular weight excluding hydrogens is 400 g/mol. The largest absolute Gasteiger partial charge is 0.341 e. The van der Waals surface area contributed by atoms with Crippen LogP contribution in [0.3, 0.4) is 0 Å². The van der Waals surface area contributed by atoms with Crippen LogP contribution in [0, 0.1) is 28.6 Å². The zero-order chi connectivity index (χ0) is 23.4. The monoisotopic (exact) mass is 438 g/mol. The third-order valence-corrected chi connectivity index (χ3v) is 7.48. The number of anilines is 3. The topological polar surface area (TPSA) is 6.48 Å². The average Bonchev–Trinajstić information content (AvgIpc) is 3.18. The molecule has 3 aliphatic rings. The van der Waals surface area contributed by atoms with Gasteiger partial charge < -0.3 is 9.80 Å². The molecule has 0 radical (unpaired) electrons. The van der Waals surface area contributed by atoms with Crippen LogP contribution in [0.1, 0.15) is 72.8 Å². The van der Waals surface area contributed by atoms with Gasteiger partial charge in [-0.05, 0) is 54.5 Å². The Morgan fingerprint density at radius 2 is 1.52 bits per heavy atom. The predicted molar refractivity (Wildman–Crippen MR) is 141 cm³/mol. The highest BCUT2D eigenvalue weighted by molar-refractivity contribution is 5.77. The van der Waals surface area contributed by atoms with Crippen molar-refractivity contribution in [2.45, 2.75) is 79.3 Å². The number of para-hydroxylation sites is 1.